The molecule has 4 nitrogen and oxygen atoms in total. The Labute approximate surface area is 179 Å². The molecule has 0 saturated carbocycles. The number of halogens is 1. The molecule has 2 aromatic carbocycles. The normalized spacial score (nSPS) is 13.8. The molecule has 0 aliphatic rings. The third-order valence-corrected chi connectivity index (χ3v) is 5.75. The first-order chi connectivity index (χ1) is 13.7. The SMILES string of the molecule is Cc1cc(C(C)(C)c2ccc(OC[C@@H](O)CO)c(C)c2)ccc1OC[C@H](C)CCl. The van der Waals surface area contributed by atoms with Gasteiger partial charge in [-0.05, 0) is 48.2 Å². The molecule has 2 rings (SSSR count). The molecular formula is C24H33ClO4. The first-order valence-electron chi connectivity index (χ1n) is 10.0. The van der Waals surface area contributed by atoms with Crippen LogP contribution >= 0.6 is 11.6 Å². The summed E-state index contributed by atoms with van der Waals surface area (Å²) in [5.41, 5.74) is 4.28. The van der Waals surface area contributed by atoms with E-state index in [2.05, 4.69) is 52.0 Å². The minimum absolute atomic E-state index is 0.0725. The molecule has 0 aliphatic heterocycles. The topological polar surface area (TPSA) is 58.9 Å². The van der Waals surface area contributed by atoms with Crippen molar-refractivity contribution in [3.05, 3.63) is 58.7 Å². The van der Waals surface area contributed by atoms with E-state index in [4.69, 9.17) is 26.2 Å². The summed E-state index contributed by atoms with van der Waals surface area (Å²) in [6.07, 6.45) is -0.873. The van der Waals surface area contributed by atoms with Crippen molar-refractivity contribution >= 4 is 11.6 Å². The zero-order valence-electron chi connectivity index (χ0n) is 18.0. The van der Waals surface area contributed by atoms with E-state index in [1.807, 2.05) is 19.1 Å². The Hall–Kier alpha value is -1.75. The standard InChI is InChI=1S/C24H33ClO4/c1-16(12-25)14-28-22-8-6-19(10-17(22)2)24(4,5)20-7-9-23(18(3)11-20)29-15-21(27)13-26/h6-11,16,21,26-27H,12-15H2,1-5H3/t16-,21+/m1/s1. The maximum Gasteiger partial charge on any atom is 0.122 e. The summed E-state index contributed by atoms with van der Waals surface area (Å²) >= 11 is 5.86. The summed E-state index contributed by atoms with van der Waals surface area (Å²) < 4.78 is 11.5. The molecule has 0 aliphatic carbocycles. The Morgan fingerprint density at radius 2 is 1.41 bits per heavy atom. The lowest BCUT2D eigenvalue weighted by Crippen LogP contribution is -2.22. The lowest BCUT2D eigenvalue weighted by molar-refractivity contribution is 0.0534. The molecule has 2 aromatic rings. The van der Waals surface area contributed by atoms with Crippen LogP contribution in [0.1, 0.15) is 43.0 Å². The zero-order valence-corrected chi connectivity index (χ0v) is 18.8. The summed E-state index contributed by atoms with van der Waals surface area (Å²) in [6.45, 7) is 10.9. The van der Waals surface area contributed by atoms with E-state index in [1.165, 1.54) is 11.1 Å². The fraction of sp³-hybridized carbons (Fsp3) is 0.500. The van der Waals surface area contributed by atoms with Crippen molar-refractivity contribution in [3.63, 3.8) is 0 Å². The molecular weight excluding hydrogens is 388 g/mol. The van der Waals surface area contributed by atoms with Gasteiger partial charge < -0.3 is 19.7 Å². The van der Waals surface area contributed by atoms with Crippen LogP contribution < -0.4 is 9.47 Å². The lowest BCUT2D eigenvalue weighted by atomic mass is 9.77. The van der Waals surface area contributed by atoms with Gasteiger partial charge in [-0.3, -0.25) is 0 Å². The fourth-order valence-corrected chi connectivity index (χ4v) is 3.17. The summed E-state index contributed by atoms with van der Waals surface area (Å²) in [5.74, 6) is 2.51. The Kier molecular flexibility index (Phi) is 8.38. The van der Waals surface area contributed by atoms with Crippen molar-refractivity contribution in [2.45, 2.75) is 46.1 Å². The highest BCUT2D eigenvalue weighted by Crippen LogP contribution is 2.36. The monoisotopic (exact) mass is 420 g/mol. The predicted molar refractivity (Wildman–Crippen MR) is 118 cm³/mol. The molecule has 0 amide bonds. The Morgan fingerprint density at radius 1 is 0.931 bits per heavy atom. The quantitative estimate of drug-likeness (QED) is 0.551. The van der Waals surface area contributed by atoms with Crippen molar-refractivity contribution in [1.29, 1.82) is 0 Å². The van der Waals surface area contributed by atoms with Crippen molar-refractivity contribution in [1.82, 2.24) is 0 Å². The number of hydrogen-bond donors (Lipinski definition) is 2. The van der Waals surface area contributed by atoms with Crippen LogP contribution in [0.3, 0.4) is 0 Å². The molecule has 0 unspecified atom stereocenters. The van der Waals surface area contributed by atoms with Gasteiger partial charge in [-0.15, -0.1) is 11.6 Å². The first-order valence-corrected chi connectivity index (χ1v) is 10.5. The summed E-state index contributed by atoms with van der Waals surface area (Å²) in [6, 6.07) is 12.4. The van der Waals surface area contributed by atoms with Gasteiger partial charge in [0, 0.05) is 17.2 Å². The fourth-order valence-electron chi connectivity index (χ4n) is 3.08. The van der Waals surface area contributed by atoms with Crippen molar-refractivity contribution < 1.29 is 19.7 Å². The van der Waals surface area contributed by atoms with Gasteiger partial charge in [0.2, 0.25) is 0 Å². The van der Waals surface area contributed by atoms with Gasteiger partial charge in [0.25, 0.3) is 0 Å². The second-order valence-electron chi connectivity index (χ2n) is 8.30. The average molecular weight is 421 g/mol. The van der Waals surface area contributed by atoms with Gasteiger partial charge in [0.05, 0.1) is 13.2 Å². The Bertz CT molecular complexity index is 738. The third-order valence-electron chi connectivity index (χ3n) is 5.22. The molecule has 0 fully saturated rings. The third kappa shape index (κ3) is 6.11. The maximum absolute atomic E-state index is 9.48. The van der Waals surface area contributed by atoms with E-state index in [1.54, 1.807) is 0 Å². The number of rotatable bonds is 10. The smallest absolute Gasteiger partial charge is 0.122 e. The number of alkyl halides is 1. The second-order valence-corrected chi connectivity index (χ2v) is 8.61. The summed E-state index contributed by atoms with van der Waals surface area (Å²) in [4.78, 5) is 0. The minimum Gasteiger partial charge on any atom is -0.493 e. The van der Waals surface area contributed by atoms with Gasteiger partial charge in [0.15, 0.2) is 0 Å². The minimum atomic E-state index is -0.873. The molecule has 0 radical (unpaired) electrons. The number of hydrogen-bond acceptors (Lipinski definition) is 4. The average Bonchev–Trinajstić information content (AvgIpc) is 2.71. The summed E-state index contributed by atoms with van der Waals surface area (Å²) in [5, 5.41) is 18.4. The number of aliphatic hydroxyl groups excluding tert-OH is 2. The van der Waals surface area contributed by atoms with Crippen LogP contribution in [0.5, 0.6) is 11.5 Å². The van der Waals surface area contributed by atoms with Crippen molar-refractivity contribution in [2.75, 3.05) is 25.7 Å². The van der Waals surface area contributed by atoms with E-state index in [-0.39, 0.29) is 18.6 Å². The van der Waals surface area contributed by atoms with Gasteiger partial charge in [-0.1, -0.05) is 45.0 Å². The molecule has 0 aromatic heterocycles. The Balaban J connectivity index is 2.19. The summed E-state index contributed by atoms with van der Waals surface area (Å²) in [7, 11) is 0. The molecule has 0 heterocycles. The highest BCUT2D eigenvalue weighted by Gasteiger charge is 2.24. The molecule has 0 spiro atoms. The lowest BCUT2D eigenvalue weighted by Gasteiger charge is -2.28. The van der Waals surface area contributed by atoms with Crippen LogP contribution in [0.15, 0.2) is 36.4 Å². The van der Waals surface area contributed by atoms with Crippen LogP contribution in [0.25, 0.3) is 0 Å². The van der Waals surface area contributed by atoms with E-state index >= 15 is 0 Å². The van der Waals surface area contributed by atoms with Gasteiger partial charge >= 0.3 is 0 Å². The molecule has 0 saturated heterocycles. The molecule has 29 heavy (non-hydrogen) atoms. The highest BCUT2D eigenvalue weighted by molar-refractivity contribution is 6.18. The predicted octanol–water partition coefficient (Wildman–Crippen LogP) is 4.62. The second kappa shape index (κ2) is 10.3. The van der Waals surface area contributed by atoms with Gasteiger partial charge in [-0.25, -0.2) is 0 Å². The van der Waals surface area contributed by atoms with E-state index in [0.717, 1.165) is 16.9 Å². The van der Waals surface area contributed by atoms with Crippen LogP contribution in [0.2, 0.25) is 0 Å². The van der Waals surface area contributed by atoms with Crippen LogP contribution in [0, 0.1) is 19.8 Å². The first kappa shape index (κ1) is 23.5. The zero-order chi connectivity index (χ0) is 21.6. The molecule has 5 heteroatoms. The molecule has 2 N–H and O–H groups in total. The van der Waals surface area contributed by atoms with E-state index in [9.17, 15) is 5.11 Å². The van der Waals surface area contributed by atoms with Crippen molar-refractivity contribution in [2.24, 2.45) is 5.92 Å². The van der Waals surface area contributed by atoms with Crippen LogP contribution in [-0.4, -0.2) is 42.0 Å². The molecule has 2 atom stereocenters. The van der Waals surface area contributed by atoms with Gasteiger partial charge in [0.1, 0.15) is 24.2 Å². The number of ether oxygens (including phenoxy) is 2. The number of aryl methyl sites for hydroxylation is 2. The molecule has 0 bridgehead atoms. The van der Waals surface area contributed by atoms with Crippen LogP contribution in [-0.2, 0) is 5.41 Å². The largest absolute Gasteiger partial charge is 0.493 e. The Morgan fingerprint density at radius 3 is 1.83 bits per heavy atom. The number of benzene rings is 2. The number of aliphatic hydroxyl groups is 2. The van der Waals surface area contributed by atoms with Gasteiger partial charge in [-0.2, -0.15) is 0 Å². The van der Waals surface area contributed by atoms with Crippen LogP contribution in [0.4, 0.5) is 0 Å². The molecule has 160 valence electrons. The van der Waals surface area contributed by atoms with Crippen molar-refractivity contribution in [3.8, 4) is 11.5 Å². The maximum atomic E-state index is 9.48. The highest BCUT2D eigenvalue weighted by atomic mass is 35.5. The van der Waals surface area contributed by atoms with E-state index < -0.39 is 6.10 Å². The van der Waals surface area contributed by atoms with E-state index in [0.29, 0.717) is 24.2 Å².